The first-order chi connectivity index (χ1) is 11.2. The second-order valence-electron chi connectivity index (χ2n) is 6.58. The fourth-order valence-corrected chi connectivity index (χ4v) is 4.21. The summed E-state index contributed by atoms with van der Waals surface area (Å²) < 4.78 is 5.55. The lowest BCUT2D eigenvalue weighted by Crippen LogP contribution is -2.56. The molecule has 25 heavy (non-hydrogen) atoms. The lowest BCUT2D eigenvalue weighted by atomic mass is 9.97. The minimum Gasteiger partial charge on any atom is -0.375 e. The molecular weight excluding hydrogens is 381 g/mol. The summed E-state index contributed by atoms with van der Waals surface area (Å²) in [6.45, 7) is 7.44. The highest BCUT2D eigenvalue weighted by molar-refractivity contribution is 7.09. The van der Waals surface area contributed by atoms with Crippen LogP contribution in [0.1, 0.15) is 24.6 Å². The fourth-order valence-electron chi connectivity index (χ4n) is 3.47. The number of nitrogens with one attached hydrogen (secondary N) is 2. The Labute approximate surface area is 166 Å². The van der Waals surface area contributed by atoms with Gasteiger partial charge in [0, 0.05) is 31.1 Å². The molecule has 3 atom stereocenters. The third-order valence-corrected chi connectivity index (χ3v) is 5.59. The number of nitrogens with zero attached hydrogens (tertiary/aromatic N) is 1. The molecule has 3 heterocycles. The molecule has 0 aromatic carbocycles. The highest BCUT2D eigenvalue weighted by Crippen LogP contribution is 2.20. The molecule has 0 bridgehead atoms. The zero-order valence-electron chi connectivity index (χ0n) is 14.6. The molecule has 1 aromatic heterocycles. The summed E-state index contributed by atoms with van der Waals surface area (Å²) in [5.41, 5.74) is 0. The van der Waals surface area contributed by atoms with Gasteiger partial charge >= 0.3 is 0 Å². The average Bonchev–Trinajstić information content (AvgIpc) is 3.06. The number of hydrogen-bond donors (Lipinski definition) is 2. The van der Waals surface area contributed by atoms with Crippen LogP contribution < -0.4 is 10.6 Å². The topological polar surface area (TPSA) is 53.6 Å². The minimum absolute atomic E-state index is 0. The maximum atomic E-state index is 12.3. The summed E-state index contributed by atoms with van der Waals surface area (Å²) in [5, 5.41) is 8.51. The second-order valence-corrected chi connectivity index (χ2v) is 7.61. The number of piperidine rings is 1. The third-order valence-electron chi connectivity index (χ3n) is 4.73. The van der Waals surface area contributed by atoms with Crippen LogP contribution in [0.15, 0.2) is 17.5 Å². The Hall–Kier alpha value is -0.370. The van der Waals surface area contributed by atoms with Crippen molar-refractivity contribution in [3.05, 3.63) is 22.4 Å². The van der Waals surface area contributed by atoms with Gasteiger partial charge in [-0.05, 0) is 43.7 Å². The van der Waals surface area contributed by atoms with Crippen LogP contribution in [0.5, 0.6) is 0 Å². The lowest BCUT2D eigenvalue weighted by Gasteiger charge is -2.33. The maximum absolute atomic E-state index is 12.3. The van der Waals surface area contributed by atoms with Crippen molar-refractivity contribution < 1.29 is 9.53 Å². The van der Waals surface area contributed by atoms with Gasteiger partial charge in [0.05, 0.1) is 12.7 Å². The highest BCUT2D eigenvalue weighted by Gasteiger charge is 2.29. The van der Waals surface area contributed by atoms with E-state index < -0.39 is 0 Å². The number of ether oxygens (including phenoxy) is 1. The Kier molecular flexibility index (Phi) is 10.3. The smallest absolute Gasteiger partial charge is 0.239 e. The summed E-state index contributed by atoms with van der Waals surface area (Å²) in [5.74, 6) is 0.625. The number of halogens is 2. The number of hydrogen-bond acceptors (Lipinski definition) is 5. The first-order valence-corrected chi connectivity index (χ1v) is 9.48. The Morgan fingerprint density at radius 2 is 2.32 bits per heavy atom. The van der Waals surface area contributed by atoms with Gasteiger partial charge in [0.25, 0.3) is 0 Å². The third kappa shape index (κ3) is 6.70. The van der Waals surface area contributed by atoms with Gasteiger partial charge in [-0.3, -0.25) is 9.69 Å². The van der Waals surface area contributed by atoms with E-state index >= 15 is 0 Å². The van der Waals surface area contributed by atoms with E-state index in [0.717, 1.165) is 32.7 Å². The van der Waals surface area contributed by atoms with Crippen LogP contribution in [-0.2, 0) is 16.1 Å². The Morgan fingerprint density at radius 3 is 3.04 bits per heavy atom. The number of likely N-dealkylation sites (tertiary alicyclic amines) is 1. The van der Waals surface area contributed by atoms with Crippen molar-refractivity contribution >= 4 is 42.1 Å². The molecule has 2 aliphatic rings. The van der Waals surface area contributed by atoms with Crippen LogP contribution >= 0.6 is 36.2 Å². The lowest BCUT2D eigenvalue weighted by molar-refractivity contribution is -0.129. The van der Waals surface area contributed by atoms with Gasteiger partial charge in [-0.15, -0.1) is 36.2 Å². The molecule has 5 nitrogen and oxygen atoms in total. The van der Waals surface area contributed by atoms with Crippen LogP contribution in [0, 0.1) is 5.92 Å². The van der Waals surface area contributed by atoms with Gasteiger partial charge in [-0.25, -0.2) is 0 Å². The molecule has 1 unspecified atom stereocenters. The first kappa shape index (κ1) is 22.7. The first-order valence-electron chi connectivity index (χ1n) is 8.60. The molecule has 0 aliphatic carbocycles. The zero-order valence-corrected chi connectivity index (χ0v) is 17.1. The summed E-state index contributed by atoms with van der Waals surface area (Å²) in [7, 11) is 0. The van der Waals surface area contributed by atoms with Gasteiger partial charge < -0.3 is 15.4 Å². The van der Waals surface area contributed by atoms with Crippen molar-refractivity contribution in [2.45, 2.75) is 38.5 Å². The largest absolute Gasteiger partial charge is 0.375 e. The highest BCUT2D eigenvalue weighted by atomic mass is 35.5. The molecule has 1 amide bonds. The molecule has 144 valence electrons. The average molecular weight is 410 g/mol. The van der Waals surface area contributed by atoms with E-state index in [1.165, 1.54) is 17.7 Å². The molecule has 2 aliphatic heterocycles. The van der Waals surface area contributed by atoms with Crippen LogP contribution in [0.3, 0.4) is 0 Å². The number of amides is 1. The van der Waals surface area contributed by atoms with E-state index in [-0.39, 0.29) is 42.9 Å². The van der Waals surface area contributed by atoms with Gasteiger partial charge in [-0.1, -0.05) is 6.07 Å². The van der Waals surface area contributed by atoms with E-state index in [1.807, 2.05) is 18.3 Å². The minimum atomic E-state index is -0.213. The van der Waals surface area contributed by atoms with Crippen LogP contribution in [0.4, 0.5) is 0 Å². The van der Waals surface area contributed by atoms with Crippen LogP contribution in [0.25, 0.3) is 0 Å². The Bertz CT molecular complexity index is 504. The van der Waals surface area contributed by atoms with Crippen LogP contribution in [0.2, 0.25) is 0 Å². The molecule has 0 radical (unpaired) electrons. The summed E-state index contributed by atoms with van der Waals surface area (Å²) >= 11 is 1.82. The predicted octanol–water partition coefficient (Wildman–Crippen LogP) is 2.30. The van der Waals surface area contributed by atoms with Crippen molar-refractivity contribution in [3.63, 3.8) is 0 Å². The molecule has 3 rings (SSSR count). The van der Waals surface area contributed by atoms with E-state index in [9.17, 15) is 4.79 Å². The number of thiophene rings is 1. The zero-order chi connectivity index (χ0) is 16.1. The summed E-state index contributed by atoms with van der Waals surface area (Å²) in [6, 6.07) is 4.10. The van der Waals surface area contributed by atoms with Gasteiger partial charge in [0.15, 0.2) is 0 Å². The molecule has 2 saturated heterocycles. The standard InChI is InChI=1S/C17H27N3O2S.2ClH/c1-13-16(18-6-8-22-13)17(21)19-10-14-4-2-7-20(11-14)12-15-5-3-9-23-15;;/h3,5,9,13-14,16,18H,2,4,6-8,10-12H2,1H3,(H,19,21);2*1H/t13-,14?,16+;;/m1../s1. The van der Waals surface area contributed by atoms with E-state index in [1.54, 1.807) is 0 Å². The molecule has 2 N–H and O–H groups in total. The van der Waals surface area contributed by atoms with E-state index in [2.05, 4.69) is 33.0 Å². The fraction of sp³-hybridized carbons (Fsp3) is 0.706. The Balaban J connectivity index is 0.00000156. The number of carbonyl (C=O) groups is 1. The van der Waals surface area contributed by atoms with Gasteiger partial charge in [-0.2, -0.15) is 0 Å². The second kappa shape index (κ2) is 11.4. The van der Waals surface area contributed by atoms with E-state index in [4.69, 9.17) is 4.74 Å². The van der Waals surface area contributed by atoms with E-state index in [0.29, 0.717) is 12.5 Å². The molecule has 0 spiro atoms. The number of morpholine rings is 1. The number of rotatable bonds is 5. The predicted molar refractivity (Wildman–Crippen MR) is 107 cm³/mol. The number of carbonyl (C=O) groups excluding carboxylic acids is 1. The normalized spacial score (nSPS) is 27.0. The van der Waals surface area contributed by atoms with Gasteiger partial charge in [0.2, 0.25) is 5.91 Å². The quantitative estimate of drug-likeness (QED) is 0.782. The summed E-state index contributed by atoms with van der Waals surface area (Å²) in [4.78, 5) is 16.3. The SMILES string of the molecule is C[C@H]1OCCN[C@@H]1C(=O)NCC1CCCN(Cc2cccs2)C1.Cl.Cl. The molecular formula is C17H29Cl2N3O2S. The van der Waals surface area contributed by atoms with Crippen molar-refractivity contribution in [1.82, 2.24) is 15.5 Å². The van der Waals surface area contributed by atoms with Gasteiger partial charge in [0.1, 0.15) is 6.04 Å². The molecule has 0 saturated carbocycles. The van der Waals surface area contributed by atoms with Crippen molar-refractivity contribution in [1.29, 1.82) is 0 Å². The van der Waals surface area contributed by atoms with Crippen molar-refractivity contribution in [3.8, 4) is 0 Å². The summed E-state index contributed by atoms with van der Waals surface area (Å²) in [6.07, 6.45) is 2.36. The van der Waals surface area contributed by atoms with Crippen LogP contribution in [-0.4, -0.2) is 55.7 Å². The molecule has 8 heteroatoms. The van der Waals surface area contributed by atoms with Crippen molar-refractivity contribution in [2.24, 2.45) is 5.92 Å². The maximum Gasteiger partial charge on any atom is 0.239 e. The molecule has 2 fully saturated rings. The monoisotopic (exact) mass is 409 g/mol. The van der Waals surface area contributed by atoms with Crippen molar-refractivity contribution in [2.75, 3.05) is 32.8 Å². The Morgan fingerprint density at radius 1 is 1.48 bits per heavy atom. The molecule has 1 aromatic rings.